The first kappa shape index (κ1) is 18.1. The average molecular weight is 355 g/mol. The quantitative estimate of drug-likeness (QED) is 0.855. The molecule has 1 fully saturated rings. The molecule has 1 aliphatic heterocycles. The van der Waals surface area contributed by atoms with E-state index >= 15 is 0 Å². The summed E-state index contributed by atoms with van der Waals surface area (Å²) in [5, 5.41) is 2.94. The molecule has 2 heterocycles. The second-order valence-corrected chi connectivity index (χ2v) is 6.57. The third-order valence-corrected chi connectivity index (χ3v) is 4.12. The van der Waals surface area contributed by atoms with E-state index < -0.39 is 0 Å². The van der Waals surface area contributed by atoms with Gasteiger partial charge in [0.05, 0.1) is 18.8 Å². The van der Waals surface area contributed by atoms with Gasteiger partial charge in [-0.25, -0.2) is 4.98 Å². The van der Waals surface area contributed by atoms with Gasteiger partial charge in [-0.05, 0) is 38.1 Å². The molecule has 1 aliphatic rings. The number of hydrogen-bond donors (Lipinski definition) is 1. The van der Waals surface area contributed by atoms with E-state index in [0.29, 0.717) is 6.54 Å². The van der Waals surface area contributed by atoms with E-state index in [4.69, 9.17) is 4.74 Å². The summed E-state index contributed by atoms with van der Waals surface area (Å²) in [5.74, 6) is 1.69. The summed E-state index contributed by atoms with van der Waals surface area (Å²) in [7, 11) is 0. The van der Waals surface area contributed by atoms with E-state index in [1.807, 2.05) is 38.1 Å². The highest BCUT2D eigenvalue weighted by molar-refractivity contribution is 5.92. The number of amides is 1. The van der Waals surface area contributed by atoms with Crippen LogP contribution in [0.1, 0.15) is 13.8 Å². The lowest BCUT2D eigenvalue weighted by atomic mass is 10.3. The number of piperazine rings is 1. The standard InChI is InChI=1S/C19H25N5O2/c1-15(2)26-17-5-3-16(4-6-17)22-19(25)14-23-9-11-24(12-10-23)18-13-20-7-8-21-18/h3-8,13,15H,9-12,14H2,1-2H3,(H,22,25). The minimum absolute atomic E-state index is 0.00418. The number of carbonyl (C=O) groups excluding carboxylic acids is 1. The lowest BCUT2D eigenvalue weighted by Crippen LogP contribution is -2.48. The van der Waals surface area contributed by atoms with Crippen LogP contribution in [0.25, 0.3) is 0 Å². The van der Waals surface area contributed by atoms with E-state index in [1.165, 1.54) is 0 Å². The zero-order valence-electron chi connectivity index (χ0n) is 15.3. The van der Waals surface area contributed by atoms with Gasteiger partial charge in [-0.15, -0.1) is 0 Å². The number of aromatic nitrogens is 2. The van der Waals surface area contributed by atoms with Crippen LogP contribution in [0.5, 0.6) is 5.75 Å². The van der Waals surface area contributed by atoms with E-state index in [-0.39, 0.29) is 12.0 Å². The highest BCUT2D eigenvalue weighted by atomic mass is 16.5. The molecule has 1 aromatic heterocycles. The molecule has 0 bridgehead atoms. The van der Waals surface area contributed by atoms with Gasteiger partial charge in [-0.1, -0.05) is 0 Å². The molecule has 1 saturated heterocycles. The van der Waals surface area contributed by atoms with Crippen LogP contribution in [-0.2, 0) is 4.79 Å². The molecule has 138 valence electrons. The largest absolute Gasteiger partial charge is 0.491 e. The molecule has 1 amide bonds. The van der Waals surface area contributed by atoms with Crippen molar-refractivity contribution in [2.24, 2.45) is 0 Å². The Labute approximate surface area is 154 Å². The first-order valence-electron chi connectivity index (χ1n) is 8.90. The Morgan fingerprint density at radius 3 is 2.50 bits per heavy atom. The normalized spacial score (nSPS) is 15.1. The van der Waals surface area contributed by atoms with Gasteiger partial charge in [0.15, 0.2) is 0 Å². The smallest absolute Gasteiger partial charge is 0.238 e. The molecule has 1 aromatic carbocycles. The van der Waals surface area contributed by atoms with Crippen LogP contribution < -0.4 is 15.0 Å². The maximum atomic E-state index is 12.3. The van der Waals surface area contributed by atoms with Crippen molar-refractivity contribution in [2.45, 2.75) is 20.0 Å². The summed E-state index contributed by atoms with van der Waals surface area (Å²) >= 11 is 0. The van der Waals surface area contributed by atoms with Crippen molar-refractivity contribution < 1.29 is 9.53 Å². The summed E-state index contributed by atoms with van der Waals surface area (Å²) < 4.78 is 5.61. The van der Waals surface area contributed by atoms with Crippen LogP contribution in [-0.4, -0.2) is 59.6 Å². The first-order chi connectivity index (χ1) is 12.6. The van der Waals surface area contributed by atoms with Gasteiger partial charge in [0.2, 0.25) is 5.91 Å². The second-order valence-electron chi connectivity index (χ2n) is 6.57. The van der Waals surface area contributed by atoms with E-state index in [2.05, 4.69) is 25.1 Å². The summed E-state index contributed by atoms with van der Waals surface area (Å²) in [6.45, 7) is 7.69. The van der Waals surface area contributed by atoms with Crippen LogP contribution in [0.2, 0.25) is 0 Å². The van der Waals surface area contributed by atoms with Crippen molar-refractivity contribution in [3.05, 3.63) is 42.9 Å². The van der Waals surface area contributed by atoms with Crippen LogP contribution in [0.15, 0.2) is 42.9 Å². The van der Waals surface area contributed by atoms with E-state index in [1.54, 1.807) is 18.6 Å². The number of nitrogens with zero attached hydrogens (tertiary/aromatic N) is 4. The van der Waals surface area contributed by atoms with Crippen molar-refractivity contribution >= 4 is 17.4 Å². The minimum Gasteiger partial charge on any atom is -0.491 e. The molecule has 0 aliphatic carbocycles. The Kier molecular flexibility index (Phi) is 6.01. The van der Waals surface area contributed by atoms with Crippen molar-refractivity contribution in [3.8, 4) is 5.75 Å². The molecule has 7 heteroatoms. The fourth-order valence-electron chi connectivity index (χ4n) is 2.88. The predicted molar refractivity (Wildman–Crippen MR) is 102 cm³/mol. The van der Waals surface area contributed by atoms with Crippen molar-refractivity contribution in [2.75, 3.05) is 42.9 Å². The molecule has 1 N–H and O–H groups in total. The molecular formula is C19H25N5O2. The summed E-state index contributed by atoms with van der Waals surface area (Å²) in [6, 6.07) is 7.47. The van der Waals surface area contributed by atoms with Crippen LogP contribution in [0.3, 0.4) is 0 Å². The van der Waals surface area contributed by atoms with Crippen molar-refractivity contribution in [3.63, 3.8) is 0 Å². The molecule has 3 rings (SSSR count). The molecular weight excluding hydrogens is 330 g/mol. The maximum absolute atomic E-state index is 12.3. The first-order valence-corrected chi connectivity index (χ1v) is 8.90. The minimum atomic E-state index is -0.00418. The predicted octanol–water partition coefficient (Wildman–Crippen LogP) is 2.02. The summed E-state index contributed by atoms with van der Waals surface area (Å²) in [4.78, 5) is 25.0. The lowest BCUT2D eigenvalue weighted by Gasteiger charge is -2.34. The van der Waals surface area contributed by atoms with Gasteiger partial charge in [0, 0.05) is 44.3 Å². The average Bonchev–Trinajstić information content (AvgIpc) is 2.64. The van der Waals surface area contributed by atoms with E-state index in [9.17, 15) is 4.79 Å². The molecule has 0 unspecified atom stereocenters. The van der Waals surface area contributed by atoms with Crippen LogP contribution in [0, 0.1) is 0 Å². The van der Waals surface area contributed by atoms with Gasteiger partial charge in [-0.2, -0.15) is 0 Å². The monoisotopic (exact) mass is 355 g/mol. The third kappa shape index (κ3) is 5.16. The number of benzene rings is 1. The Bertz CT molecular complexity index is 698. The zero-order chi connectivity index (χ0) is 18.4. The Hall–Kier alpha value is -2.67. The Morgan fingerprint density at radius 2 is 1.88 bits per heavy atom. The number of nitrogens with one attached hydrogen (secondary N) is 1. The summed E-state index contributed by atoms with van der Waals surface area (Å²) in [6.07, 6.45) is 5.28. The molecule has 2 aromatic rings. The van der Waals surface area contributed by atoms with Crippen molar-refractivity contribution in [1.82, 2.24) is 14.9 Å². The third-order valence-electron chi connectivity index (χ3n) is 4.12. The van der Waals surface area contributed by atoms with Gasteiger partial charge < -0.3 is 15.0 Å². The topological polar surface area (TPSA) is 70.6 Å². The van der Waals surface area contributed by atoms with Gasteiger partial charge >= 0.3 is 0 Å². The van der Waals surface area contributed by atoms with Gasteiger partial charge in [0.25, 0.3) is 0 Å². The Balaban J connectivity index is 1.44. The van der Waals surface area contributed by atoms with E-state index in [0.717, 1.165) is 43.4 Å². The van der Waals surface area contributed by atoms with Crippen LogP contribution >= 0.6 is 0 Å². The number of anilines is 2. The van der Waals surface area contributed by atoms with Crippen LogP contribution in [0.4, 0.5) is 11.5 Å². The number of rotatable bonds is 6. The zero-order valence-corrected chi connectivity index (χ0v) is 15.3. The summed E-state index contributed by atoms with van der Waals surface area (Å²) in [5.41, 5.74) is 0.782. The maximum Gasteiger partial charge on any atom is 0.238 e. The second kappa shape index (κ2) is 8.62. The number of ether oxygens (including phenoxy) is 1. The molecule has 0 atom stereocenters. The number of hydrogen-bond acceptors (Lipinski definition) is 6. The Morgan fingerprint density at radius 1 is 1.15 bits per heavy atom. The molecule has 0 spiro atoms. The highest BCUT2D eigenvalue weighted by Gasteiger charge is 2.20. The molecule has 7 nitrogen and oxygen atoms in total. The SMILES string of the molecule is CC(C)Oc1ccc(NC(=O)CN2CCN(c3cnccn3)CC2)cc1. The lowest BCUT2D eigenvalue weighted by molar-refractivity contribution is -0.117. The number of carbonyl (C=O) groups is 1. The fraction of sp³-hybridized carbons (Fsp3) is 0.421. The highest BCUT2D eigenvalue weighted by Crippen LogP contribution is 2.17. The fourth-order valence-corrected chi connectivity index (χ4v) is 2.88. The molecule has 0 radical (unpaired) electrons. The van der Waals surface area contributed by atoms with Gasteiger partial charge in [0.1, 0.15) is 11.6 Å². The van der Waals surface area contributed by atoms with Gasteiger partial charge in [-0.3, -0.25) is 14.7 Å². The molecule has 0 saturated carbocycles. The van der Waals surface area contributed by atoms with Crippen molar-refractivity contribution in [1.29, 1.82) is 0 Å². The molecule has 26 heavy (non-hydrogen) atoms.